The minimum atomic E-state index is -4.52. The molecule has 0 amide bonds. The molecule has 10 atom stereocenters. The molecule has 4 aliphatic heterocycles. The van der Waals surface area contributed by atoms with Crippen LogP contribution in [0.1, 0.15) is 24.4 Å². The zero-order chi connectivity index (χ0) is 34.9. The van der Waals surface area contributed by atoms with E-state index in [1.54, 1.807) is 6.20 Å². The minimum absolute atomic E-state index is 0. The van der Waals surface area contributed by atoms with E-state index in [9.17, 15) is 19.0 Å². The molecule has 4 N–H and O–H groups in total. The maximum absolute atomic E-state index is 16.4. The van der Waals surface area contributed by atoms with Gasteiger partial charge in [-0.2, -0.15) is 0 Å². The van der Waals surface area contributed by atoms with Gasteiger partial charge in [-0.1, -0.05) is 0 Å². The number of aliphatic hydroxyl groups is 1. The Morgan fingerprint density at radius 3 is 2.42 bits per heavy atom. The molecule has 19 nitrogen and oxygen atoms in total. The largest absolute Gasteiger partial charge is 1.00 e. The fourth-order valence-electron chi connectivity index (χ4n) is 6.66. The van der Waals surface area contributed by atoms with Crippen LogP contribution in [0.15, 0.2) is 30.0 Å². The van der Waals surface area contributed by atoms with Crippen LogP contribution in [0, 0.1) is 0 Å². The molecule has 2 bridgehead atoms. The van der Waals surface area contributed by atoms with Gasteiger partial charge >= 0.3 is 59.1 Å². The molecule has 270 valence electrons. The Morgan fingerprint density at radius 1 is 0.962 bits per heavy atom. The quantitative estimate of drug-likeness (QED) is 0.0994. The van der Waals surface area contributed by atoms with Gasteiger partial charge in [0.15, 0.2) is 36.6 Å². The molecule has 4 aromatic heterocycles. The zero-order valence-corrected chi connectivity index (χ0v) is 35.2. The second-order valence-electron chi connectivity index (χ2n) is 12.1. The van der Waals surface area contributed by atoms with Gasteiger partial charge in [-0.25, -0.2) is 24.3 Å². The summed E-state index contributed by atoms with van der Waals surface area (Å²) in [6, 6.07) is 0. The summed E-state index contributed by atoms with van der Waals surface area (Å²) in [6.45, 7) is -9.22. The van der Waals surface area contributed by atoms with Crippen LogP contribution >= 0.6 is 13.6 Å². The fraction of sp³-hybridized carbons (Fsp3) is 0.577. The van der Waals surface area contributed by atoms with E-state index < -0.39 is 81.5 Å². The number of aromatic nitrogens is 7. The third-order valence-electron chi connectivity index (χ3n) is 8.95. The van der Waals surface area contributed by atoms with Crippen LogP contribution in [-0.4, -0.2) is 102 Å². The molecule has 3 saturated heterocycles. The molecule has 4 aliphatic rings. The number of hydrogen-bond donors (Lipinski definition) is 3. The molecular formula is C26H30FN9Na2O10P2S2. The van der Waals surface area contributed by atoms with E-state index in [1.807, 2.05) is 0 Å². The second-order valence-corrected chi connectivity index (χ2v) is 17.5. The number of fused-ring (bicyclic) bond motifs is 4. The van der Waals surface area contributed by atoms with Gasteiger partial charge in [0.1, 0.15) is 54.6 Å². The SMILES string of the molecule is NCCn1cnc2c(ncn2[C@@H]2O[C@@H]3COP(=O)([S-])O[C@H]4[C@@H](F)[C@H](n5cc6c7c(ncnc75)NCCC6)O[C@@H]4COP(=O)([S-])O[C@@H]2[C@@H]3O)c1=O.[Na+].[Na+]. The topological polar surface area (TPSA) is 231 Å². The molecular weight excluding hydrogens is 789 g/mol. The summed E-state index contributed by atoms with van der Waals surface area (Å²) >= 11 is 10.4. The van der Waals surface area contributed by atoms with Gasteiger partial charge in [0.05, 0.1) is 24.9 Å². The van der Waals surface area contributed by atoms with Crippen molar-refractivity contribution in [2.75, 3.05) is 31.6 Å². The van der Waals surface area contributed by atoms with Crippen molar-refractivity contribution in [1.82, 2.24) is 33.6 Å². The second kappa shape index (κ2) is 16.2. The first-order valence-electron chi connectivity index (χ1n) is 15.6. The smallest absolute Gasteiger partial charge is 0.660 e. The minimum Gasteiger partial charge on any atom is -0.660 e. The molecule has 0 radical (unpaired) electrons. The molecule has 0 spiro atoms. The average molecular weight is 820 g/mol. The normalized spacial score (nSPS) is 34.9. The van der Waals surface area contributed by atoms with Crippen LogP contribution in [0.5, 0.6) is 0 Å². The van der Waals surface area contributed by atoms with Gasteiger partial charge in [-0.15, -0.1) is 0 Å². The van der Waals surface area contributed by atoms with E-state index in [4.69, 9.17) is 57.8 Å². The number of nitrogens with zero attached hydrogens (tertiary/aromatic N) is 7. The monoisotopic (exact) mass is 819 g/mol. The van der Waals surface area contributed by atoms with Gasteiger partial charge in [-0.05, 0) is 18.4 Å². The summed E-state index contributed by atoms with van der Waals surface area (Å²) in [5.74, 6) is 0.602. The number of aliphatic hydroxyl groups excluding tert-OH is 1. The van der Waals surface area contributed by atoms with Crippen molar-refractivity contribution < 1.29 is 105 Å². The van der Waals surface area contributed by atoms with Crippen molar-refractivity contribution in [2.45, 2.75) is 68.5 Å². The van der Waals surface area contributed by atoms with Crippen LogP contribution in [0.25, 0.3) is 22.2 Å². The van der Waals surface area contributed by atoms with Crippen molar-refractivity contribution in [3.05, 3.63) is 41.1 Å². The van der Waals surface area contributed by atoms with Crippen molar-refractivity contribution in [3.63, 3.8) is 0 Å². The maximum atomic E-state index is 16.4. The van der Waals surface area contributed by atoms with Crippen molar-refractivity contribution in [2.24, 2.45) is 5.73 Å². The van der Waals surface area contributed by atoms with Crippen LogP contribution in [-0.2, 0) is 74.2 Å². The summed E-state index contributed by atoms with van der Waals surface area (Å²) in [6.07, 6.45) is -5.04. The third kappa shape index (κ3) is 7.65. The van der Waals surface area contributed by atoms with Crippen LogP contribution in [0.2, 0.25) is 0 Å². The first-order valence-corrected chi connectivity index (χ1v) is 20.7. The van der Waals surface area contributed by atoms with E-state index in [-0.39, 0.29) is 83.4 Å². The summed E-state index contributed by atoms with van der Waals surface area (Å²) < 4.78 is 81.9. The predicted molar refractivity (Wildman–Crippen MR) is 175 cm³/mol. The van der Waals surface area contributed by atoms with E-state index in [0.717, 1.165) is 12.0 Å². The van der Waals surface area contributed by atoms with Crippen molar-refractivity contribution in [3.8, 4) is 0 Å². The number of hydrogen-bond acceptors (Lipinski definition) is 18. The average Bonchev–Trinajstić information content (AvgIpc) is 3.78. The number of rotatable bonds is 4. The Balaban J connectivity index is 0.00000232. The van der Waals surface area contributed by atoms with Crippen LogP contribution in [0.3, 0.4) is 0 Å². The first kappa shape index (κ1) is 41.2. The van der Waals surface area contributed by atoms with E-state index in [1.165, 1.54) is 32.7 Å². The van der Waals surface area contributed by atoms with Gasteiger partial charge in [-0.3, -0.25) is 23.1 Å². The molecule has 2 unspecified atom stereocenters. The Bertz CT molecular complexity index is 2120. The van der Waals surface area contributed by atoms with Crippen LogP contribution < -0.4 is 75.7 Å². The Labute approximate surface area is 349 Å². The number of alkyl halides is 1. The molecule has 52 heavy (non-hydrogen) atoms. The first-order chi connectivity index (χ1) is 23.9. The Hall–Kier alpha value is -0.460. The van der Waals surface area contributed by atoms with Gasteiger partial charge in [0.2, 0.25) is 6.80 Å². The van der Waals surface area contributed by atoms with E-state index >= 15 is 4.39 Å². The molecule has 0 saturated carbocycles. The van der Waals surface area contributed by atoms with E-state index in [0.29, 0.717) is 29.8 Å². The van der Waals surface area contributed by atoms with Gasteiger partial charge in [0.25, 0.3) is 5.56 Å². The van der Waals surface area contributed by atoms with Crippen molar-refractivity contribution >= 4 is 66.1 Å². The number of nitrogens with one attached hydrogen (secondary N) is 1. The Kier molecular flexibility index (Phi) is 12.8. The number of nitrogens with two attached hydrogens (primary N) is 1. The third-order valence-corrected chi connectivity index (χ3v) is 12.0. The van der Waals surface area contributed by atoms with Crippen molar-refractivity contribution in [1.29, 1.82) is 0 Å². The van der Waals surface area contributed by atoms with Gasteiger partial charge in [0, 0.05) is 25.8 Å². The number of anilines is 1. The molecule has 0 aromatic carbocycles. The molecule has 8 rings (SSSR count). The summed E-state index contributed by atoms with van der Waals surface area (Å²) in [4.78, 5) is 30.1. The number of ether oxygens (including phenoxy) is 2. The molecule has 8 heterocycles. The molecule has 26 heteroatoms. The maximum Gasteiger partial charge on any atom is 1.00 e. The van der Waals surface area contributed by atoms with Gasteiger partial charge < -0.3 is 72.8 Å². The molecule has 4 aromatic rings. The predicted octanol–water partition coefficient (Wildman–Crippen LogP) is -5.02. The Morgan fingerprint density at radius 2 is 1.67 bits per heavy atom. The number of aryl methyl sites for hydroxylation is 1. The number of halogens is 1. The standard InChI is InChI=1S/C26H32FN9O10P2S2.2Na/c27-16-19-14(44-25(16)35-6-12-2-1-4-29-21-15(12)22(35)31-9-30-21)8-42-48(40,50)46-20-18(37)13(7-41-47(39,49)45-19)43-26(20)36-11-32-17-23(36)33-10-34(5-3-28)24(17)38;;/h6,9-11,13-14,16,18-20,25-26,37H,1-5,7-8,28H2,(H,39,49)(H,40,50)(H,29,30,31);;/q;2*+1/p-2/t13-,14-,16-,18-,19-,20-,25-,26-,47?,48?;;/m1../s1. The summed E-state index contributed by atoms with van der Waals surface area (Å²) in [7, 11) is 0. The van der Waals surface area contributed by atoms with E-state index in [2.05, 4.69) is 25.3 Å². The fourth-order valence-corrected chi connectivity index (χ4v) is 9.47. The molecule has 0 aliphatic carbocycles. The molecule has 3 fully saturated rings. The van der Waals surface area contributed by atoms with Crippen LogP contribution in [0.4, 0.5) is 10.2 Å². The zero-order valence-electron chi connectivity index (χ0n) is 27.8. The summed E-state index contributed by atoms with van der Waals surface area (Å²) in [5, 5.41) is 15.2. The summed E-state index contributed by atoms with van der Waals surface area (Å²) in [5.41, 5.74) is 6.39. The number of imidazole rings is 1.